The molecule has 0 aliphatic carbocycles. The molecule has 1 aromatic carbocycles. The van der Waals surface area contributed by atoms with E-state index in [-0.39, 0.29) is 17.9 Å². The monoisotopic (exact) mass is 310 g/mol. The molecular weight excluding hydrogens is 292 g/mol. The lowest BCUT2D eigenvalue weighted by Crippen LogP contribution is -2.37. The second-order valence-corrected chi connectivity index (χ2v) is 5.28. The number of carbonyl (C=O) groups is 2. The lowest BCUT2D eigenvalue weighted by atomic mass is 10.2. The Kier molecular flexibility index (Phi) is 5.59. The molecule has 1 heterocycles. The van der Waals surface area contributed by atoms with Gasteiger partial charge in [0.1, 0.15) is 0 Å². The van der Waals surface area contributed by atoms with E-state index in [1.807, 2.05) is 19.1 Å². The summed E-state index contributed by atoms with van der Waals surface area (Å²) in [6.07, 6.45) is 0.607. The van der Waals surface area contributed by atoms with Crippen LogP contribution in [-0.4, -0.2) is 37.6 Å². The van der Waals surface area contributed by atoms with Crippen molar-refractivity contribution < 1.29 is 14.3 Å². The fourth-order valence-electron chi connectivity index (χ4n) is 2.32. The van der Waals surface area contributed by atoms with Crippen molar-refractivity contribution in [2.75, 3.05) is 24.7 Å². The first-order valence-corrected chi connectivity index (χ1v) is 7.41. The number of nitrogens with zero attached hydrogens (tertiary/aromatic N) is 1. The van der Waals surface area contributed by atoms with Gasteiger partial charge < -0.3 is 15.0 Å². The minimum absolute atomic E-state index is 0.0294. The molecule has 5 nitrogen and oxygen atoms in total. The minimum atomic E-state index is -0.178. The third-order valence-electron chi connectivity index (χ3n) is 3.31. The van der Waals surface area contributed by atoms with Gasteiger partial charge in [0.05, 0.1) is 23.4 Å². The van der Waals surface area contributed by atoms with E-state index >= 15 is 0 Å². The summed E-state index contributed by atoms with van der Waals surface area (Å²) in [5, 5.41) is 3.40. The first-order chi connectivity index (χ1) is 10.1. The Morgan fingerprint density at radius 3 is 2.95 bits per heavy atom. The van der Waals surface area contributed by atoms with Gasteiger partial charge >= 0.3 is 0 Å². The molecule has 114 valence electrons. The molecule has 1 saturated heterocycles. The van der Waals surface area contributed by atoms with Crippen molar-refractivity contribution >= 4 is 29.1 Å². The second kappa shape index (κ2) is 7.43. The Hall–Kier alpha value is -1.59. The smallest absolute Gasteiger partial charge is 0.229 e. The maximum absolute atomic E-state index is 12.1. The summed E-state index contributed by atoms with van der Waals surface area (Å²) < 4.78 is 5.14. The number of ether oxygens (including phenoxy) is 1. The number of para-hydroxylation sites is 1. The predicted molar refractivity (Wildman–Crippen MR) is 81.5 cm³/mol. The van der Waals surface area contributed by atoms with Gasteiger partial charge in [0.2, 0.25) is 11.8 Å². The van der Waals surface area contributed by atoms with Gasteiger partial charge in [0, 0.05) is 26.0 Å². The molecular formula is C15H19ClN2O3. The molecule has 0 bridgehead atoms. The largest absolute Gasteiger partial charge is 0.381 e. The van der Waals surface area contributed by atoms with Gasteiger partial charge in [-0.2, -0.15) is 0 Å². The van der Waals surface area contributed by atoms with Crippen LogP contribution in [0.3, 0.4) is 0 Å². The highest BCUT2D eigenvalue weighted by molar-refractivity contribution is 6.33. The van der Waals surface area contributed by atoms with E-state index in [4.69, 9.17) is 16.3 Å². The summed E-state index contributed by atoms with van der Waals surface area (Å²) in [5.41, 5.74) is 0.690. The summed E-state index contributed by atoms with van der Waals surface area (Å²) in [6.45, 7) is 3.32. The lowest BCUT2D eigenvalue weighted by molar-refractivity contribution is -0.122. The molecule has 0 unspecified atom stereocenters. The first kappa shape index (κ1) is 15.8. The SMILES string of the molecule is CCOCCC(=O)N[C@H]1CC(=O)N(c2ccccc2Cl)C1. The average Bonchev–Trinajstić information content (AvgIpc) is 2.80. The standard InChI is InChI=1S/C15H19ClN2O3/c1-2-21-8-7-14(19)17-11-9-15(20)18(10-11)13-6-4-3-5-12(13)16/h3-6,11H,2,7-10H2,1H3,(H,17,19)/t11-/m0/s1. The zero-order valence-corrected chi connectivity index (χ0v) is 12.7. The van der Waals surface area contributed by atoms with E-state index in [2.05, 4.69) is 5.32 Å². The molecule has 0 spiro atoms. The maximum Gasteiger partial charge on any atom is 0.229 e. The number of benzene rings is 1. The Bertz CT molecular complexity index is 521. The molecule has 2 rings (SSSR count). The van der Waals surface area contributed by atoms with Crippen LogP contribution in [0.25, 0.3) is 0 Å². The van der Waals surface area contributed by atoms with E-state index in [9.17, 15) is 9.59 Å². The molecule has 0 aromatic heterocycles. The van der Waals surface area contributed by atoms with E-state index in [0.29, 0.717) is 43.3 Å². The number of rotatable bonds is 6. The minimum Gasteiger partial charge on any atom is -0.381 e. The van der Waals surface area contributed by atoms with Crippen molar-refractivity contribution in [3.8, 4) is 0 Å². The van der Waals surface area contributed by atoms with Crippen LogP contribution in [-0.2, 0) is 14.3 Å². The third kappa shape index (κ3) is 4.19. The number of nitrogens with one attached hydrogen (secondary N) is 1. The molecule has 1 aromatic rings. The van der Waals surface area contributed by atoms with E-state index in [1.54, 1.807) is 17.0 Å². The number of halogens is 1. The van der Waals surface area contributed by atoms with Gasteiger partial charge in [-0.3, -0.25) is 9.59 Å². The number of hydrogen-bond acceptors (Lipinski definition) is 3. The van der Waals surface area contributed by atoms with Gasteiger partial charge in [-0.15, -0.1) is 0 Å². The number of amides is 2. The fourth-order valence-corrected chi connectivity index (χ4v) is 2.55. The Morgan fingerprint density at radius 1 is 1.48 bits per heavy atom. The van der Waals surface area contributed by atoms with Crippen LogP contribution in [0.15, 0.2) is 24.3 Å². The molecule has 21 heavy (non-hydrogen) atoms. The van der Waals surface area contributed by atoms with E-state index in [0.717, 1.165) is 0 Å². The zero-order chi connectivity index (χ0) is 15.2. The Labute approximate surface area is 129 Å². The van der Waals surface area contributed by atoms with E-state index < -0.39 is 0 Å². The molecule has 2 amide bonds. The highest BCUT2D eigenvalue weighted by Gasteiger charge is 2.32. The quantitative estimate of drug-likeness (QED) is 0.818. The van der Waals surface area contributed by atoms with Crippen molar-refractivity contribution in [2.24, 2.45) is 0 Å². The van der Waals surface area contributed by atoms with Gasteiger partial charge in [0.15, 0.2) is 0 Å². The van der Waals surface area contributed by atoms with Crippen LogP contribution >= 0.6 is 11.6 Å². The lowest BCUT2D eigenvalue weighted by Gasteiger charge is -2.18. The van der Waals surface area contributed by atoms with Crippen molar-refractivity contribution in [3.05, 3.63) is 29.3 Å². The summed E-state index contributed by atoms with van der Waals surface area (Å²) in [4.78, 5) is 25.4. The van der Waals surface area contributed by atoms with Crippen LogP contribution in [0.5, 0.6) is 0 Å². The molecule has 0 saturated carbocycles. The summed E-state index contributed by atoms with van der Waals surface area (Å²) in [6, 6.07) is 7.03. The second-order valence-electron chi connectivity index (χ2n) is 4.87. The molecule has 1 aliphatic rings. The molecule has 1 atom stereocenters. The summed E-state index contributed by atoms with van der Waals surface area (Å²) in [7, 11) is 0. The Balaban J connectivity index is 1.91. The van der Waals surface area contributed by atoms with Crippen LogP contribution < -0.4 is 10.2 Å². The third-order valence-corrected chi connectivity index (χ3v) is 3.63. The maximum atomic E-state index is 12.1. The van der Waals surface area contributed by atoms with E-state index in [1.165, 1.54) is 0 Å². The molecule has 1 fully saturated rings. The number of carbonyl (C=O) groups excluding carboxylic acids is 2. The van der Waals surface area contributed by atoms with Crippen LogP contribution in [0.2, 0.25) is 5.02 Å². The van der Waals surface area contributed by atoms with Crippen LogP contribution in [0, 0.1) is 0 Å². The number of hydrogen-bond donors (Lipinski definition) is 1. The highest BCUT2D eigenvalue weighted by Crippen LogP contribution is 2.28. The van der Waals surface area contributed by atoms with Crippen LogP contribution in [0.1, 0.15) is 19.8 Å². The van der Waals surface area contributed by atoms with Gasteiger partial charge in [-0.1, -0.05) is 23.7 Å². The Morgan fingerprint density at radius 2 is 2.24 bits per heavy atom. The van der Waals surface area contributed by atoms with Gasteiger partial charge in [-0.25, -0.2) is 0 Å². The number of anilines is 1. The molecule has 0 radical (unpaired) electrons. The molecule has 6 heteroatoms. The van der Waals surface area contributed by atoms with Crippen molar-refractivity contribution in [1.82, 2.24) is 5.32 Å². The summed E-state index contributed by atoms with van der Waals surface area (Å²) >= 11 is 6.11. The predicted octanol–water partition coefficient (Wildman–Crippen LogP) is 1.99. The first-order valence-electron chi connectivity index (χ1n) is 7.03. The van der Waals surface area contributed by atoms with Crippen molar-refractivity contribution in [1.29, 1.82) is 0 Å². The van der Waals surface area contributed by atoms with Gasteiger partial charge in [0.25, 0.3) is 0 Å². The molecule has 1 aliphatic heterocycles. The fraction of sp³-hybridized carbons (Fsp3) is 0.467. The average molecular weight is 311 g/mol. The van der Waals surface area contributed by atoms with Crippen molar-refractivity contribution in [3.63, 3.8) is 0 Å². The van der Waals surface area contributed by atoms with Crippen LogP contribution in [0.4, 0.5) is 5.69 Å². The molecule has 1 N–H and O–H groups in total. The zero-order valence-electron chi connectivity index (χ0n) is 12.0. The summed E-state index contributed by atoms with van der Waals surface area (Å²) in [5.74, 6) is -0.125. The van der Waals surface area contributed by atoms with Gasteiger partial charge in [-0.05, 0) is 19.1 Å². The highest BCUT2D eigenvalue weighted by atomic mass is 35.5. The normalized spacial score (nSPS) is 18.1. The topological polar surface area (TPSA) is 58.6 Å². The van der Waals surface area contributed by atoms with Crippen molar-refractivity contribution in [2.45, 2.75) is 25.8 Å².